The van der Waals surface area contributed by atoms with Crippen molar-refractivity contribution in [3.05, 3.63) is 115 Å². The van der Waals surface area contributed by atoms with Gasteiger partial charge in [0.1, 0.15) is 0 Å². The number of rotatable bonds is 6. The minimum absolute atomic E-state index is 0.179. The molecule has 0 aliphatic carbocycles. The quantitative estimate of drug-likeness (QED) is 0.324. The predicted octanol–water partition coefficient (Wildman–Crippen LogP) is 5.98. The van der Waals surface area contributed by atoms with E-state index in [1.165, 1.54) is 0 Å². The third kappa shape index (κ3) is 4.95. The maximum Gasteiger partial charge on any atom is 0.261 e. The summed E-state index contributed by atoms with van der Waals surface area (Å²) in [5.41, 5.74) is 3.55. The van der Waals surface area contributed by atoms with Gasteiger partial charge in [-0.25, -0.2) is 23.4 Å². The molecule has 0 bridgehead atoms. The molecule has 0 atom stereocenters. The van der Waals surface area contributed by atoms with E-state index in [0.717, 1.165) is 16.7 Å². The SMILES string of the molecule is Cc1ccc(-c2nc(-c3ccccc3)nc(-c3ccccc3)n2)c(NS(=O)(=O)c2ccccc2)c1. The zero-order valence-electron chi connectivity index (χ0n) is 19.0. The first kappa shape index (κ1) is 22.4. The summed E-state index contributed by atoms with van der Waals surface area (Å²) >= 11 is 0. The lowest BCUT2D eigenvalue weighted by Crippen LogP contribution is -2.14. The molecule has 0 saturated heterocycles. The Hall–Kier alpha value is -4.36. The number of aryl methyl sites for hydroxylation is 1. The molecule has 0 aliphatic heterocycles. The van der Waals surface area contributed by atoms with Crippen LogP contribution in [0.2, 0.25) is 0 Å². The van der Waals surface area contributed by atoms with Crippen molar-refractivity contribution in [3.63, 3.8) is 0 Å². The van der Waals surface area contributed by atoms with Crippen LogP contribution in [0, 0.1) is 6.92 Å². The second-order valence-corrected chi connectivity index (χ2v) is 9.69. The fourth-order valence-corrected chi connectivity index (χ4v) is 4.76. The Balaban J connectivity index is 1.67. The molecule has 6 nitrogen and oxygen atoms in total. The molecule has 1 heterocycles. The van der Waals surface area contributed by atoms with Gasteiger partial charge < -0.3 is 0 Å². The van der Waals surface area contributed by atoms with Crippen molar-refractivity contribution in [1.82, 2.24) is 15.0 Å². The minimum atomic E-state index is -3.81. The Kier molecular flexibility index (Phi) is 6.08. The van der Waals surface area contributed by atoms with Gasteiger partial charge in [-0.2, -0.15) is 0 Å². The molecule has 0 saturated carbocycles. The van der Waals surface area contributed by atoms with Crippen LogP contribution >= 0.6 is 0 Å². The van der Waals surface area contributed by atoms with Gasteiger partial charge in [-0.3, -0.25) is 4.72 Å². The van der Waals surface area contributed by atoms with E-state index in [-0.39, 0.29) is 4.90 Å². The third-order valence-electron chi connectivity index (χ3n) is 5.41. The van der Waals surface area contributed by atoms with E-state index in [9.17, 15) is 8.42 Å². The number of benzene rings is 4. The van der Waals surface area contributed by atoms with Crippen LogP contribution < -0.4 is 4.72 Å². The number of anilines is 1. The molecule has 35 heavy (non-hydrogen) atoms. The highest BCUT2D eigenvalue weighted by Gasteiger charge is 2.19. The van der Waals surface area contributed by atoms with Crippen molar-refractivity contribution in [1.29, 1.82) is 0 Å². The van der Waals surface area contributed by atoms with Gasteiger partial charge in [0.05, 0.1) is 10.6 Å². The number of hydrogen-bond acceptors (Lipinski definition) is 5. The van der Waals surface area contributed by atoms with Gasteiger partial charge in [0.2, 0.25) is 0 Å². The van der Waals surface area contributed by atoms with Crippen LogP contribution in [0.1, 0.15) is 5.56 Å². The summed E-state index contributed by atoms with van der Waals surface area (Å²) in [6.45, 7) is 1.91. The molecule has 0 unspecified atom stereocenters. The first-order valence-corrected chi connectivity index (χ1v) is 12.5. The van der Waals surface area contributed by atoms with Crippen molar-refractivity contribution in [2.45, 2.75) is 11.8 Å². The maximum atomic E-state index is 13.1. The monoisotopic (exact) mass is 478 g/mol. The summed E-state index contributed by atoms with van der Waals surface area (Å²) in [5.74, 6) is 1.39. The Morgan fingerprint density at radius 1 is 0.600 bits per heavy atom. The summed E-state index contributed by atoms with van der Waals surface area (Å²) in [4.78, 5) is 14.4. The number of nitrogens with zero attached hydrogens (tertiary/aromatic N) is 3. The van der Waals surface area contributed by atoms with Crippen LogP contribution in [0.4, 0.5) is 5.69 Å². The summed E-state index contributed by atoms with van der Waals surface area (Å²) in [6.07, 6.45) is 0. The molecule has 4 aromatic carbocycles. The smallest absolute Gasteiger partial charge is 0.261 e. The molecule has 0 fully saturated rings. The van der Waals surface area contributed by atoms with Gasteiger partial charge in [-0.05, 0) is 36.8 Å². The lowest BCUT2D eigenvalue weighted by Gasteiger charge is -2.14. The minimum Gasteiger partial charge on any atom is -0.279 e. The first-order chi connectivity index (χ1) is 17.0. The van der Waals surface area contributed by atoms with Crippen LogP contribution in [0.25, 0.3) is 34.2 Å². The van der Waals surface area contributed by atoms with Gasteiger partial charge in [-0.15, -0.1) is 0 Å². The van der Waals surface area contributed by atoms with Gasteiger partial charge in [0, 0.05) is 16.7 Å². The molecule has 0 spiro atoms. The van der Waals surface area contributed by atoms with Gasteiger partial charge in [-0.1, -0.05) is 84.9 Å². The van der Waals surface area contributed by atoms with Crippen molar-refractivity contribution in [2.24, 2.45) is 0 Å². The maximum absolute atomic E-state index is 13.1. The predicted molar refractivity (Wildman–Crippen MR) is 138 cm³/mol. The number of aromatic nitrogens is 3. The molecule has 0 radical (unpaired) electrons. The molecule has 5 rings (SSSR count). The van der Waals surface area contributed by atoms with Crippen LogP contribution in [0.15, 0.2) is 114 Å². The summed E-state index contributed by atoms with van der Waals surface area (Å²) < 4.78 is 29.0. The van der Waals surface area contributed by atoms with E-state index in [4.69, 9.17) is 15.0 Å². The van der Waals surface area contributed by atoms with Crippen LogP contribution in [-0.4, -0.2) is 23.4 Å². The molecule has 1 aromatic heterocycles. The molecular formula is C28H22N4O2S. The number of nitrogens with one attached hydrogen (secondary N) is 1. The van der Waals surface area contributed by atoms with Gasteiger partial charge >= 0.3 is 0 Å². The molecule has 7 heteroatoms. The topological polar surface area (TPSA) is 84.8 Å². The number of sulfonamides is 1. The van der Waals surface area contributed by atoms with Crippen molar-refractivity contribution in [3.8, 4) is 34.2 Å². The number of hydrogen-bond donors (Lipinski definition) is 1. The van der Waals surface area contributed by atoms with Gasteiger partial charge in [0.15, 0.2) is 17.5 Å². The van der Waals surface area contributed by atoms with Gasteiger partial charge in [0.25, 0.3) is 10.0 Å². The zero-order chi connectivity index (χ0) is 24.3. The van der Waals surface area contributed by atoms with E-state index in [1.807, 2.05) is 79.7 Å². The molecular weight excluding hydrogens is 456 g/mol. The Labute approximate surface area is 204 Å². The summed E-state index contributed by atoms with van der Waals surface area (Å²) in [7, 11) is -3.81. The van der Waals surface area contributed by atoms with E-state index in [2.05, 4.69) is 4.72 Å². The highest BCUT2D eigenvalue weighted by atomic mass is 32.2. The van der Waals surface area contributed by atoms with Crippen molar-refractivity contribution >= 4 is 15.7 Å². The van der Waals surface area contributed by atoms with Crippen molar-refractivity contribution in [2.75, 3.05) is 4.72 Å². The molecule has 0 aliphatic rings. The summed E-state index contributed by atoms with van der Waals surface area (Å²) in [5, 5.41) is 0. The zero-order valence-corrected chi connectivity index (χ0v) is 19.8. The standard InChI is InChI=1S/C28H22N4O2S/c1-20-17-18-24(25(19-20)32-35(33,34)23-15-9-4-10-16-23)28-30-26(21-11-5-2-6-12-21)29-27(31-28)22-13-7-3-8-14-22/h2-19,32H,1H3. The molecule has 5 aromatic rings. The molecule has 172 valence electrons. The fourth-order valence-electron chi connectivity index (χ4n) is 3.67. The fraction of sp³-hybridized carbons (Fsp3) is 0.0357. The Bertz CT molecular complexity index is 1520. The second kappa shape index (κ2) is 9.48. The van der Waals surface area contributed by atoms with Crippen molar-refractivity contribution < 1.29 is 8.42 Å². The second-order valence-electron chi connectivity index (χ2n) is 8.01. The Morgan fingerprint density at radius 2 is 1.09 bits per heavy atom. The average molecular weight is 479 g/mol. The lowest BCUT2D eigenvalue weighted by molar-refractivity contribution is 0.601. The van der Waals surface area contributed by atoms with E-state index in [0.29, 0.717) is 28.7 Å². The largest absolute Gasteiger partial charge is 0.279 e. The van der Waals surface area contributed by atoms with Crippen LogP contribution in [-0.2, 0) is 10.0 Å². The normalized spacial score (nSPS) is 11.2. The first-order valence-electron chi connectivity index (χ1n) is 11.1. The van der Waals surface area contributed by atoms with Crippen LogP contribution in [0.5, 0.6) is 0 Å². The summed E-state index contributed by atoms with van der Waals surface area (Å²) in [6, 6.07) is 33.1. The van der Waals surface area contributed by atoms with Crippen LogP contribution in [0.3, 0.4) is 0 Å². The van der Waals surface area contributed by atoms with E-state index < -0.39 is 10.0 Å². The Morgan fingerprint density at radius 3 is 1.63 bits per heavy atom. The molecule has 0 amide bonds. The lowest BCUT2D eigenvalue weighted by atomic mass is 10.1. The third-order valence-corrected chi connectivity index (χ3v) is 6.79. The molecule has 1 N–H and O–H groups in total. The van der Waals surface area contributed by atoms with E-state index in [1.54, 1.807) is 36.4 Å². The van der Waals surface area contributed by atoms with E-state index >= 15 is 0 Å². The average Bonchev–Trinajstić information content (AvgIpc) is 2.90. The highest BCUT2D eigenvalue weighted by Crippen LogP contribution is 2.31. The highest BCUT2D eigenvalue weighted by molar-refractivity contribution is 7.92.